The van der Waals surface area contributed by atoms with E-state index in [1.54, 1.807) is 0 Å². The van der Waals surface area contributed by atoms with E-state index in [4.69, 9.17) is 0 Å². The first kappa shape index (κ1) is 25.4. The van der Waals surface area contributed by atoms with Crippen molar-refractivity contribution in [2.24, 2.45) is 0 Å². The number of hydrogen-bond donors (Lipinski definition) is 1. The Morgan fingerprint density at radius 3 is 1.85 bits per heavy atom. The number of carbonyl (C=O) groups is 1. The molecule has 0 heterocycles. The van der Waals surface area contributed by atoms with Crippen LogP contribution in [0.1, 0.15) is 90.4 Å². The highest BCUT2D eigenvalue weighted by Gasteiger charge is 2.02. The Hall–Kier alpha value is -0.610. The maximum absolute atomic E-state index is 11.8. The van der Waals surface area contributed by atoms with E-state index >= 15 is 0 Å². The van der Waals surface area contributed by atoms with E-state index in [9.17, 15) is 4.79 Å². The van der Waals surface area contributed by atoms with E-state index < -0.39 is 0 Å². The standard InChI is InChI=1S/C22H47N3O/c1-5-6-7-8-9-10-11-12-13-17-22(26)23-18-16-21-25(4)20-15-14-19-24(2)3/h5-21H2,1-4H3,(H,23,26). The average Bonchev–Trinajstić information content (AvgIpc) is 2.61. The van der Waals surface area contributed by atoms with Crippen LogP contribution in [0.4, 0.5) is 0 Å². The second-order valence-electron chi connectivity index (χ2n) is 8.10. The van der Waals surface area contributed by atoms with Gasteiger partial charge in [0.2, 0.25) is 5.91 Å². The second-order valence-corrected chi connectivity index (χ2v) is 8.10. The monoisotopic (exact) mass is 369 g/mol. The third kappa shape index (κ3) is 19.7. The van der Waals surface area contributed by atoms with Crippen molar-refractivity contribution in [1.29, 1.82) is 0 Å². The van der Waals surface area contributed by atoms with Crippen LogP contribution >= 0.6 is 0 Å². The van der Waals surface area contributed by atoms with Crippen LogP contribution in [0.3, 0.4) is 0 Å². The van der Waals surface area contributed by atoms with Gasteiger partial charge in [0.25, 0.3) is 0 Å². The SMILES string of the molecule is CCCCCCCCCCCC(=O)NCCCN(C)CCCCN(C)C. The Balaban J connectivity index is 3.31. The lowest BCUT2D eigenvalue weighted by Crippen LogP contribution is -2.28. The van der Waals surface area contributed by atoms with E-state index in [0.29, 0.717) is 6.42 Å². The van der Waals surface area contributed by atoms with E-state index in [2.05, 4.69) is 43.2 Å². The molecule has 0 rings (SSSR count). The zero-order valence-electron chi connectivity index (χ0n) is 18.3. The first-order chi connectivity index (χ1) is 12.6. The Morgan fingerprint density at radius 2 is 1.23 bits per heavy atom. The minimum atomic E-state index is 0.238. The van der Waals surface area contributed by atoms with Crippen LogP contribution in [0.25, 0.3) is 0 Å². The molecule has 0 aliphatic carbocycles. The molecule has 0 aromatic carbocycles. The summed E-state index contributed by atoms with van der Waals surface area (Å²) in [5.74, 6) is 0.238. The Kier molecular flexibility index (Phi) is 18.7. The normalized spacial score (nSPS) is 11.5. The average molecular weight is 370 g/mol. The van der Waals surface area contributed by atoms with Crippen LogP contribution in [-0.4, -0.2) is 63.0 Å². The predicted octanol–water partition coefficient (Wildman–Crippen LogP) is 4.69. The fourth-order valence-electron chi connectivity index (χ4n) is 3.18. The van der Waals surface area contributed by atoms with Crippen molar-refractivity contribution in [3.8, 4) is 0 Å². The van der Waals surface area contributed by atoms with Gasteiger partial charge in [-0.15, -0.1) is 0 Å². The van der Waals surface area contributed by atoms with Crippen LogP contribution in [0.2, 0.25) is 0 Å². The van der Waals surface area contributed by atoms with Crippen LogP contribution < -0.4 is 5.32 Å². The smallest absolute Gasteiger partial charge is 0.219 e. The molecule has 0 saturated carbocycles. The number of nitrogens with zero attached hydrogens (tertiary/aromatic N) is 2. The fourth-order valence-corrected chi connectivity index (χ4v) is 3.18. The lowest BCUT2D eigenvalue weighted by Gasteiger charge is -2.17. The van der Waals surface area contributed by atoms with Gasteiger partial charge in [0.1, 0.15) is 0 Å². The lowest BCUT2D eigenvalue weighted by molar-refractivity contribution is -0.121. The Labute approximate surface area is 164 Å². The molecule has 0 saturated heterocycles. The topological polar surface area (TPSA) is 35.6 Å². The largest absolute Gasteiger partial charge is 0.356 e. The molecule has 0 atom stereocenters. The van der Waals surface area contributed by atoms with Gasteiger partial charge in [-0.05, 0) is 66.5 Å². The van der Waals surface area contributed by atoms with Gasteiger partial charge in [-0.2, -0.15) is 0 Å². The summed E-state index contributed by atoms with van der Waals surface area (Å²) in [4.78, 5) is 16.5. The Bertz CT molecular complexity index is 308. The minimum Gasteiger partial charge on any atom is -0.356 e. The zero-order valence-corrected chi connectivity index (χ0v) is 18.3. The molecule has 26 heavy (non-hydrogen) atoms. The number of hydrogen-bond acceptors (Lipinski definition) is 3. The third-order valence-electron chi connectivity index (χ3n) is 4.94. The first-order valence-corrected chi connectivity index (χ1v) is 11.2. The molecule has 0 fully saturated rings. The maximum Gasteiger partial charge on any atom is 0.219 e. The van der Waals surface area contributed by atoms with Gasteiger partial charge in [0.15, 0.2) is 0 Å². The van der Waals surface area contributed by atoms with Gasteiger partial charge in [0.05, 0.1) is 0 Å². The highest BCUT2D eigenvalue weighted by atomic mass is 16.1. The molecule has 0 bridgehead atoms. The fraction of sp³-hybridized carbons (Fsp3) is 0.955. The maximum atomic E-state index is 11.8. The number of nitrogens with one attached hydrogen (secondary N) is 1. The first-order valence-electron chi connectivity index (χ1n) is 11.2. The summed E-state index contributed by atoms with van der Waals surface area (Å²) >= 11 is 0. The summed E-state index contributed by atoms with van der Waals surface area (Å²) in [5, 5.41) is 3.07. The number of rotatable bonds is 19. The summed E-state index contributed by atoms with van der Waals surface area (Å²) < 4.78 is 0. The molecule has 4 nitrogen and oxygen atoms in total. The second kappa shape index (κ2) is 19.2. The highest BCUT2D eigenvalue weighted by molar-refractivity contribution is 5.75. The van der Waals surface area contributed by atoms with Crippen molar-refractivity contribution >= 4 is 5.91 Å². The van der Waals surface area contributed by atoms with Crippen molar-refractivity contribution in [1.82, 2.24) is 15.1 Å². The van der Waals surface area contributed by atoms with E-state index in [1.807, 2.05) is 0 Å². The summed E-state index contributed by atoms with van der Waals surface area (Å²) in [7, 11) is 6.43. The summed E-state index contributed by atoms with van der Waals surface area (Å²) in [5.41, 5.74) is 0. The Morgan fingerprint density at radius 1 is 0.692 bits per heavy atom. The van der Waals surface area contributed by atoms with E-state index in [0.717, 1.165) is 32.5 Å². The molecule has 1 amide bonds. The number of amides is 1. The van der Waals surface area contributed by atoms with E-state index in [1.165, 1.54) is 70.8 Å². The van der Waals surface area contributed by atoms with Crippen molar-refractivity contribution in [3.05, 3.63) is 0 Å². The molecule has 0 aromatic heterocycles. The molecule has 0 aromatic rings. The van der Waals surface area contributed by atoms with Crippen molar-refractivity contribution in [3.63, 3.8) is 0 Å². The summed E-state index contributed by atoms with van der Waals surface area (Å²) in [6.07, 6.45) is 16.0. The van der Waals surface area contributed by atoms with Gasteiger partial charge in [-0.3, -0.25) is 4.79 Å². The zero-order chi connectivity index (χ0) is 19.5. The van der Waals surface area contributed by atoms with Crippen molar-refractivity contribution in [2.75, 3.05) is 47.3 Å². The minimum absolute atomic E-state index is 0.238. The van der Waals surface area contributed by atoms with Crippen molar-refractivity contribution in [2.45, 2.75) is 90.4 Å². The number of carbonyl (C=O) groups excluding carboxylic acids is 1. The lowest BCUT2D eigenvalue weighted by atomic mass is 10.1. The van der Waals surface area contributed by atoms with Crippen LogP contribution in [-0.2, 0) is 4.79 Å². The van der Waals surface area contributed by atoms with Crippen LogP contribution in [0, 0.1) is 0 Å². The van der Waals surface area contributed by atoms with Crippen LogP contribution in [0.5, 0.6) is 0 Å². The van der Waals surface area contributed by atoms with Gasteiger partial charge < -0.3 is 15.1 Å². The molecular formula is C22H47N3O. The van der Waals surface area contributed by atoms with Gasteiger partial charge in [0, 0.05) is 13.0 Å². The third-order valence-corrected chi connectivity index (χ3v) is 4.94. The van der Waals surface area contributed by atoms with Crippen molar-refractivity contribution < 1.29 is 4.79 Å². The summed E-state index contributed by atoms with van der Waals surface area (Å²) in [6, 6.07) is 0. The highest BCUT2D eigenvalue weighted by Crippen LogP contribution is 2.10. The quantitative estimate of drug-likeness (QED) is 0.336. The molecular weight excluding hydrogens is 322 g/mol. The molecule has 4 heteroatoms. The predicted molar refractivity (Wildman–Crippen MR) is 115 cm³/mol. The molecule has 0 radical (unpaired) electrons. The molecule has 1 N–H and O–H groups in total. The summed E-state index contributed by atoms with van der Waals surface area (Å²) in [6.45, 7) is 6.47. The molecule has 0 spiro atoms. The molecule has 156 valence electrons. The molecule has 0 aliphatic heterocycles. The van der Waals surface area contributed by atoms with Gasteiger partial charge >= 0.3 is 0 Å². The number of unbranched alkanes of at least 4 members (excludes halogenated alkanes) is 9. The van der Waals surface area contributed by atoms with Crippen LogP contribution in [0.15, 0.2) is 0 Å². The van der Waals surface area contributed by atoms with E-state index in [-0.39, 0.29) is 5.91 Å². The molecule has 0 unspecified atom stereocenters. The van der Waals surface area contributed by atoms with Gasteiger partial charge in [-0.1, -0.05) is 58.3 Å². The molecule has 0 aliphatic rings. The van der Waals surface area contributed by atoms with Gasteiger partial charge in [-0.25, -0.2) is 0 Å².